The number of ether oxygens (including phenoxy) is 2. The first-order chi connectivity index (χ1) is 16.0. The number of halogens is 3. The third-order valence-electron chi connectivity index (χ3n) is 4.32. The van der Waals surface area contributed by atoms with Crippen molar-refractivity contribution < 1.29 is 27.6 Å². The van der Waals surface area contributed by atoms with Gasteiger partial charge in [-0.15, -0.1) is 5.54 Å². The Balaban J connectivity index is 1.96. The predicted octanol–water partition coefficient (Wildman–Crippen LogP) is 5.27. The second kappa shape index (κ2) is 10.5. The van der Waals surface area contributed by atoms with Gasteiger partial charge in [0.15, 0.2) is 11.6 Å². The molecular weight excluding hydrogens is 469 g/mol. The summed E-state index contributed by atoms with van der Waals surface area (Å²) in [5, 5.41) is 14.7. The summed E-state index contributed by atoms with van der Waals surface area (Å²) in [6, 6.07) is 7.16. The fraction of sp³-hybridized carbons (Fsp3) is 0.273. The van der Waals surface area contributed by atoms with E-state index < -0.39 is 37.7 Å². The molecule has 1 aromatic heterocycles. The number of hydrogen-bond donors (Lipinski definition) is 1. The monoisotopic (exact) mass is 490 g/mol. The number of aromatic nitrogens is 2. The molecule has 3 aromatic rings. The predicted molar refractivity (Wildman–Crippen MR) is 124 cm³/mol. The maximum Gasteiger partial charge on any atom is 0.345 e. The molecule has 0 bridgehead atoms. The van der Waals surface area contributed by atoms with Gasteiger partial charge in [0, 0.05) is 12.1 Å². The third-order valence-corrected chi connectivity index (χ3v) is 5.20. The second-order valence-electron chi connectivity index (χ2n) is 8.09. The fourth-order valence-corrected chi connectivity index (χ4v) is 3.34. The number of hydrogen-bond acceptors (Lipinski definition) is 7. The zero-order chi connectivity index (χ0) is 24.9. The summed E-state index contributed by atoms with van der Waals surface area (Å²) in [6.07, 6.45) is 1.20. The number of fused-ring (bicyclic) bond motifs is 1. The lowest BCUT2D eigenvalue weighted by Gasteiger charge is -2.12. The van der Waals surface area contributed by atoms with Gasteiger partial charge in [-0.25, -0.2) is 14.4 Å². The van der Waals surface area contributed by atoms with Gasteiger partial charge in [-0.1, -0.05) is 31.6 Å². The Labute approximate surface area is 194 Å². The SMILES string of the molecule is C[Si](C)(C)C#Cc1cccc(Nc2ncnc3cc(OCCOC(F)F)c([N+](=O)[O-])cc23)c1F. The molecule has 178 valence electrons. The van der Waals surface area contributed by atoms with Crippen LogP contribution in [0.15, 0.2) is 36.7 Å². The van der Waals surface area contributed by atoms with Gasteiger partial charge in [0.1, 0.15) is 26.8 Å². The van der Waals surface area contributed by atoms with Crippen LogP contribution in [0.25, 0.3) is 10.9 Å². The Bertz CT molecular complexity index is 1270. The molecule has 0 unspecified atom stereocenters. The lowest BCUT2D eigenvalue weighted by molar-refractivity contribution is -0.385. The molecule has 12 heteroatoms. The molecule has 0 amide bonds. The van der Waals surface area contributed by atoms with E-state index in [1.807, 2.05) is 19.6 Å². The van der Waals surface area contributed by atoms with Crippen LogP contribution in [0.2, 0.25) is 19.6 Å². The lowest BCUT2D eigenvalue weighted by Crippen LogP contribution is -2.16. The van der Waals surface area contributed by atoms with Crippen molar-refractivity contribution in [3.05, 3.63) is 58.2 Å². The average molecular weight is 491 g/mol. The summed E-state index contributed by atoms with van der Waals surface area (Å²) in [5.74, 6) is 2.27. The molecule has 3 rings (SSSR count). The Kier molecular flexibility index (Phi) is 7.70. The highest BCUT2D eigenvalue weighted by molar-refractivity contribution is 6.83. The van der Waals surface area contributed by atoms with Crippen molar-refractivity contribution in [2.45, 2.75) is 26.3 Å². The smallest absolute Gasteiger partial charge is 0.345 e. The second-order valence-corrected chi connectivity index (χ2v) is 12.8. The number of anilines is 2. The van der Waals surface area contributed by atoms with E-state index >= 15 is 4.39 Å². The first-order valence-corrected chi connectivity index (χ1v) is 13.6. The summed E-state index contributed by atoms with van der Waals surface area (Å²) >= 11 is 0. The summed E-state index contributed by atoms with van der Waals surface area (Å²) in [4.78, 5) is 19.1. The number of benzene rings is 2. The van der Waals surface area contributed by atoms with Gasteiger partial charge in [0.05, 0.1) is 33.7 Å². The molecule has 34 heavy (non-hydrogen) atoms. The zero-order valence-electron chi connectivity index (χ0n) is 18.6. The van der Waals surface area contributed by atoms with Crippen LogP contribution in [0.1, 0.15) is 5.56 Å². The van der Waals surface area contributed by atoms with Crippen LogP contribution in [0.4, 0.5) is 30.4 Å². The van der Waals surface area contributed by atoms with E-state index in [0.717, 1.165) is 0 Å². The summed E-state index contributed by atoms with van der Waals surface area (Å²) < 4.78 is 48.6. The molecule has 0 fully saturated rings. The molecule has 2 aromatic carbocycles. The van der Waals surface area contributed by atoms with Crippen molar-refractivity contribution in [2.24, 2.45) is 0 Å². The molecule has 0 aliphatic heterocycles. The van der Waals surface area contributed by atoms with Gasteiger partial charge in [0.2, 0.25) is 0 Å². The molecule has 8 nitrogen and oxygen atoms in total. The lowest BCUT2D eigenvalue weighted by atomic mass is 10.1. The summed E-state index contributed by atoms with van der Waals surface area (Å²) in [7, 11) is -1.72. The molecule has 0 saturated carbocycles. The number of nitro groups is 1. The number of nitrogens with one attached hydrogen (secondary N) is 1. The minimum absolute atomic E-state index is 0.0921. The van der Waals surface area contributed by atoms with Crippen LogP contribution >= 0.6 is 0 Å². The molecule has 0 saturated heterocycles. The Morgan fingerprint density at radius 1 is 1.21 bits per heavy atom. The zero-order valence-corrected chi connectivity index (χ0v) is 19.6. The first kappa shape index (κ1) is 24.9. The van der Waals surface area contributed by atoms with E-state index in [4.69, 9.17) is 4.74 Å². The van der Waals surface area contributed by atoms with E-state index in [0.29, 0.717) is 0 Å². The van der Waals surface area contributed by atoms with Crippen molar-refractivity contribution in [1.29, 1.82) is 0 Å². The Hall–Kier alpha value is -3.69. The molecule has 1 N–H and O–H groups in total. The minimum Gasteiger partial charge on any atom is -0.484 e. The van der Waals surface area contributed by atoms with Crippen LogP contribution in [0.5, 0.6) is 5.75 Å². The van der Waals surface area contributed by atoms with E-state index in [1.54, 1.807) is 12.1 Å². The molecule has 0 aliphatic rings. The normalized spacial score (nSPS) is 11.3. The quantitative estimate of drug-likeness (QED) is 0.151. The molecule has 1 heterocycles. The minimum atomic E-state index is -2.98. The molecular formula is C22H21F3N4O4Si. The van der Waals surface area contributed by atoms with Crippen LogP contribution in [0.3, 0.4) is 0 Å². The van der Waals surface area contributed by atoms with Crippen LogP contribution < -0.4 is 10.1 Å². The number of nitrogens with zero attached hydrogens (tertiary/aromatic N) is 3. The van der Waals surface area contributed by atoms with Gasteiger partial charge in [-0.3, -0.25) is 10.1 Å². The molecule has 0 aliphatic carbocycles. The molecule has 0 radical (unpaired) electrons. The standard InChI is InChI=1S/C22H21F3N4O4Si/c1-34(2,3)10-7-14-5-4-6-16(20(14)23)28-21-15-11-18(29(30)31)19(12-17(15)26-13-27-21)32-8-9-33-22(24)25/h4-6,11-13,22H,8-9H2,1-3H3,(H,26,27,28). The van der Waals surface area contributed by atoms with Crippen molar-refractivity contribution in [1.82, 2.24) is 9.97 Å². The molecule has 0 spiro atoms. The maximum absolute atomic E-state index is 15.0. The highest BCUT2D eigenvalue weighted by Crippen LogP contribution is 2.35. The first-order valence-electron chi connectivity index (χ1n) is 10.1. The Morgan fingerprint density at radius 3 is 2.65 bits per heavy atom. The van der Waals surface area contributed by atoms with Gasteiger partial charge >= 0.3 is 12.3 Å². The number of nitro benzene ring substituents is 1. The van der Waals surface area contributed by atoms with E-state index in [9.17, 15) is 18.9 Å². The number of alkyl halides is 2. The van der Waals surface area contributed by atoms with E-state index in [1.165, 1.54) is 24.5 Å². The molecule has 0 atom stereocenters. The van der Waals surface area contributed by atoms with Gasteiger partial charge in [-0.2, -0.15) is 8.78 Å². The topological polar surface area (TPSA) is 99.4 Å². The van der Waals surface area contributed by atoms with Crippen LogP contribution in [-0.4, -0.2) is 42.8 Å². The van der Waals surface area contributed by atoms with Crippen molar-refractivity contribution in [2.75, 3.05) is 18.5 Å². The van der Waals surface area contributed by atoms with Crippen LogP contribution in [-0.2, 0) is 4.74 Å². The van der Waals surface area contributed by atoms with Crippen LogP contribution in [0, 0.1) is 27.4 Å². The maximum atomic E-state index is 15.0. The highest BCUT2D eigenvalue weighted by atomic mass is 28.3. The van der Waals surface area contributed by atoms with E-state index in [2.05, 4.69) is 31.5 Å². The van der Waals surface area contributed by atoms with Crippen molar-refractivity contribution >= 4 is 36.2 Å². The largest absolute Gasteiger partial charge is 0.484 e. The number of rotatable bonds is 8. The van der Waals surface area contributed by atoms with Gasteiger partial charge in [0.25, 0.3) is 0 Å². The third kappa shape index (κ3) is 6.43. The van der Waals surface area contributed by atoms with Crippen molar-refractivity contribution in [3.63, 3.8) is 0 Å². The fourth-order valence-electron chi connectivity index (χ4n) is 2.83. The van der Waals surface area contributed by atoms with Gasteiger partial charge in [-0.05, 0) is 12.1 Å². The summed E-state index contributed by atoms with van der Waals surface area (Å²) in [6.45, 7) is 2.37. The van der Waals surface area contributed by atoms with Gasteiger partial charge < -0.3 is 14.8 Å². The Morgan fingerprint density at radius 2 is 1.97 bits per heavy atom. The average Bonchev–Trinajstić information content (AvgIpc) is 2.76. The van der Waals surface area contributed by atoms with E-state index in [-0.39, 0.29) is 40.3 Å². The summed E-state index contributed by atoms with van der Waals surface area (Å²) in [5.41, 5.74) is 3.26. The highest BCUT2D eigenvalue weighted by Gasteiger charge is 2.20. The van der Waals surface area contributed by atoms with Crippen molar-refractivity contribution in [3.8, 4) is 17.2 Å².